The van der Waals surface area contributed by atoms with Gasteiger partial charge in [0.25, 0.3) is 0 Å². The van der Waals surface area contributed by atoms with Crippen molar-refractivity contribution in [3.63, 3.8) is 0 Å². The smallest absolute Gasteiger partial charge is 0.307 e. The molecule has 0 aliphatic carbocycles. The van der Waals surface area contributed by atoms with Gasteiger partial charge in [-0.25, -0.2) is 5.43 Å². The van der Waals surface area contributed by atoms with E-state index >= 15 is 0 Å². The van der Waals surface area contributed by atoms with E-state index in [1.165, 1.54) is 6.21 Å². The molecule has 1 aromatic heterocycles. The predicted molar refractivity (Wildman–Crippen MR) is 144 cm³/mol. The SMILES string of the molecule is O=C(N/N=C/c1cc(Cl)c(OCc2cccc3ccccc23)c(Br)c1)c1cc2cc(Cl)ccc2o1. The second-order valence-corrected chi connectivity index (χ2v) is 9.43. The lowest BCUT2D eigenvalue weighted by molar-refractivity contribution is 0.0929. The maximum absolute atomic E-state index is 12.4. The molecule has 5 nitrogen and oxygen atoms in total. The summed E-state index contributed by atoms with van der Waals surface area (Å²) in [6.45, 7) is 0.367. The Labute approximate surface area is 219 Å². The summed E-state index contributed by atoms with van der Waals surface area (Å²) in [6.07, 6.45) is 1.49. The predicted octanol–water partition coefficient (Wildman–Crippen LogP) is 8.00. The number of carbonyl (C=O) groups is 1. The van der Waals surface area contributed by atoms with Gasteiger partial charge in [-0.1, -0.05) is 65.7 Å². The van der Waals surface area contributed by atoms with Crippen LogP contribution in [0.15, 0.2) is 92.9 Å². The lowest BCUT2D eigenvalue weighted by Crippen LogP contribution is -2.16. The second-order valence-electron chi connectivity index (χ2n) is 7.73. The average molecular weight is 568 g/mol. The number of hydrogen-bond acceptors (Lipinski definition) is 4. The number of rotatable bonds is 6. The Hall–Kier alpha value is -3.32. The summed E-state index contributed by atoms with van der Waals surface area (Å²) in [4.78, 5) is 12.4. The number of carbonyl (C=O) groups excluding carboxylic acids is 1. The number of halogens is 3. The molecule has 0 atom stereocenters. The van der Waals surface area contributed by atoms with E-state index in [0.29, 0.717) is 38.0 Å². The van der Waals surface area contributed by atoms with Gasteiger partial charge in [0.05, 0.1) is 15.7 Å². The van der Waals surface area contributed by atoms with Crippen molar-refractivity contribution < 1.29 is 13.9 Å². The van der Waals surface area contributed by atoms with Gasteiger partial charge in [-0.3, -0.25) is 4.79 Å². The van der Waals surface area contributed by atoms with Gasteiger partial charge in [0, 0.05) is 10.4 Å². The van der Waals surface area contributed by atoms with Gasteiger partial charge < -0.3 is 9.15 Å². The maximum Gasteiger partial charge on any atom is 0.307 e. The molecule has 8 heteroatoms. The summed E-state index contributed by atoms with van der Waals surface area (Å²) in [5.74, 6) is 0.186. The topological polar surface area (TPSA) is 63.8 Å². The van der Waals surface area contributed by atoms with Crippen LogP contribution < -0.4 is 10.2 Å². The van der Waals surface area contributed by atoms with Crippen LogP contribution in [0.5, 0.6) is 5.75 Å². The van der Waals surface area contributed by atoms with Crippen molar-refractivity contribution in [2.45, 2.75) is 6.61 Å². The first-order valence-corrected chi connectivity index (χ1v) is 12.1. The molecule has 35 heavy (non-hydrogen) atoms. The molecular weight excluding hydrogens is 551 g/mol. The van der Waals surface area contributed by atoms with Crippen LogP contribution in [-0.2, 0) is 6.61 Å². The van der Waals surface area contributed by atoms with Gasteiger partial charge in [-0.05, 0) is 74.2 Å². The van der Waals surface area contributed by atoms with Gasteiger partial charge in [0.15, 0.2) is 11.5 Å². The van der Waals surface area contributed by atoms with Crippen LogP contribution in [-0.4, -0.2) is 12.1 Å². The zero-order chi connectivity index (χ0) is 24.4. The highest BCUT2D eigenvalue weighted by atomic mass is 79.9. The zero-order valence-corrected chi connectivity index (χ0v) is 21.2. The van der Waals surface area contributed by atoms with Crippen LogP contribution in [0.1, 0.15) is 21.7 Å². The number of amides is 1. The standard InChI is InChI=1S/C27H17BrCl2N2O3/c28-22-10-16(14-31-32-27(33)25-13-19-12-20(29)8-9-24(19)35-25)11-23(30)26(22)34-15-18-6-3-5-17-4-1-2-7-21(17)18/h1-14H,15H2,(H,32,33)/b31-14+. The van der Waals surface area contributed by atoms with E-state index in [1.807, 2.05) is 30.3 Å². The van der Waals surface area contributed by atoms with E-state index in [4.69, 9.17) is 32.4 Å². The summed E-state index contributed by atoms with van der Waals surface area (Å²) in [7, 11) is 0. The fourth-order valence-corrected chi connectivity index (χ4v) is 4.88. The van der Waals surface area contributed by atoms with Crippen LogP contribution in [0.3, 0.4) is 0 Å². The van der Waals surface area contributed by atoms with Crippen LogP contribution in [0.25, 0.3) is 21.7 Å². The summed E-state index contributed by atoms with van der Waals surface area (Å²) >= 11 is 16.0. The largest absolute Gasteiger partial charge is 0.486 e. The fraction of sp³-hybridized carbons (Fsp3) is 0.0370. The van der Waals surface area contributed by atoms with E-state index in [9.17, 15) is 4.79 Å². The highest BCUT2D eigenvalue weighted by molar-refractivity contribution is 9.10. The third kappa shape index (κ3) is 5.20. The summed E-state index contributed by atoms with van der Waals surface area (Å²) in [5.41, 5.74) is 4.76. The van der Waals surface area contributed by atoms with Crippen molar-refractivity contribution in [2.75, 3.05) is 0 Å². The molecule has 0 bridgehead atoms. The Bertz CT molecular complexity index is 1570. The molecule has 174 valence electrons. The fourth-order valence-electron chi connectivity index (χ4n) is 3.71. The molecule has 0 unspecified atom stereocenters. The number of fused-ring (bicyclic) bond motifs is 2. The van der Waals surface area contributed by atoms with Crippen molar-refractivity contribution in [2.24, 2.45) is 5.10 Å². The molecule has 0 aliphatic heterocycles. The molecule has 0 saturated carbocycles. The lowest BCUT2D eigenvalue weighted by Gasteiger charge is -2.12. The van der Waals surface area contributed by atoms with Crippen LogP contribution in [0, 0.1) is 0 Å². The number of nitrogens with one attached hydrogen (secondary N) is 1. The number of hydrogen-bond donors (Lipinski definition) is 1. The van der Waals surface area contributed by atoms with Crippen molar-refractivity contribution in [3.05, 3.63) is 110 Å². The number of nitrogens with zero attached hydrogens (tertiary/aromatic N) is 1. The van der Waals surface area contributed by atoms with E-state index in [-0.39, 0.29) is 5.76 Å². The van der Waals surface area contributed by atoms with Crippen molar-refractivity contribution >= 4 is 73.0 Å². The van der Waals surface area contributed by atoms with Crippen LogP contribution in [0.4, 0.5) is 0 Å². The van der Waals surface area contributed by atoms with Crippen LogP contribution in [0.2, 0.25) is 10.0 Å². The molecule has 1 heterocycles. The number of ether oxygens (including phenoxy) is 1. The first-order chi connectivity index (χ1) is 17.0. The maximum atomic E-state index is 12.4. The molecule has 5 rings (SSSR count). The highest BCUT2D eigenvalue weighted by Gasteiger charge is 2.13. The Morgan fingerprint density at radius 3 is 2.69 bits per heavy atom. The summed E-state index contributed by atoms with van der Waals surface area (Å²) < 4.78 is 12.3. The molecule has 0 aliphatic rings. The highest BCUT2D eigenvalue weighted by Crippen LogP contribution is 2.35. The van der Waals surface area contributed by atoms with Crippen LogP contribution >= 0.6 is 39.1 Å². The average Bonchev–Trinajstić information content (AvgIpc) is 3.27. The Kier molecular flexibility index (Phi) is 6.77. The second kappa shape index (κ2) is 10.1. The lowest BCUT2D eigenvalue weighted by atomic mass is 10.1. The van der Waals surface area contributed by atoms with Crippen molar-refractivity contribution in [1.29, 1.82) is 0 Å². The molecule has 0 radical (unpaired) electrons. The molecule has 5 aromatic rings. The first kappa shape index (κ1) is 23.4. The minimum Gasteiger partial charge on any atom is -0.486 e. The van der Waals surface area contributed by atoms with Gasteiger partial charge in [0.2, 0.25) is 0 Å². The third-order valence-corrected chi connectivity index (χ3v) is 6.46. The van der Waals surface area contributed by atoms with E-state index in [2.05, 4.69) is 44.7 Å². The van der Waals surface area contributed by atoms with Gasteiger partial charge >= 0.3 is 5.91 Å². The number of benzene rings is 4. The van der Waals surface area contributed by atoms with Crippen molar-refractivity contribution in [3.8, 4) is 5.75 Å². The number of furan rings is 1. The Balaban J connectivity index is 1.26. The number of hydrazone groups is 1. The summed E-state index contributed by atoms with van der Waals surface area (Å²) in [6, 6.07) is 24.5. The molecule has 0 saturated heterocycles. The Morgan fingerprint density at radius 1 is 1.00 bits per heavy atom. The van der Waals surface area contributed by atoms with E-state index < -0.39 is 5.91 Å². The zero-order valence-electron chi connectivity index (χ0n) is 18.1. The molecule has 0 fully saturated rings. The van der Waals surface area contributed by atoms with E-state index in [0.717, 1.165) is 21.7 Å². The normalized spacial score (nSPS) is 11.4. The molecule has 1 amide bonds. The molecular formula is C27H17BrCl2N2O3. The quantitative estimate of drug-likeness (QED) is 0.167. The van der Waals surface area contributed by atoms with E-state index in [1.54, 1.807) is 30.3 Å². The minimum absolute atomic E-state index is 0.135. The van der Waals surface area contributed by atoms with Gasteiger partial charge in [0.1, 0.15) is 12.2 Å². The van der Waals surface area contributed by atoms with Gasteiger partial charge in [-0.15, -0.1) is 0 Å². The minimum atomic E-state index is -0.478. The summed E-state index contributed by atoms with van der Waals surface area (Å²) in [5, 5.41) is 8.02. The Morgan fingerprint density at radius 2 is 1.83 bits per heavy atom. The molecule has 0 spiro atoms. The monoisotopic (exact) mass is 566 g/mol. The molecule has 4 aromatic carbocycles. The third-order valence-electron chi connectivity index (χ3n) is 5.35. The molecule has 1 N–H and O–H groups in total. The van der Waals surface area contributed by atoms with Crippen molar-refractivity contribution in [1.82, 2.24) is 5.43 Å². The first-order valence-electron chi connectivity index (χ1n) is 10.6. The van der Waals surface area contributed by atoms with Gasteiger partial charge in [-0.2, -0.15) is 5.10 Å².